The van der Waals surface area contributed by atoms with Crippen molar-refractivity contribution in [3.8, 4) is 23.0 Å². The lowest BCUT2D eigenvalue weighted by atomic mass is 10.1. The highest BCUT2D eigenvalue weighted by molar-refractivity contribution is 5.82. The number of ketones is 1. The molecule has 0 saturated carbocycles. The zero-order chi connectivity index (χ0) is 21.5. The van der Waals surface area contributed by atoms with Gasteiger partial charge in [0, 0.05) is 18.2 Å². The van der Waals surface area contributed by atoms with Crippen molar-refractivity contribution < 1.29 is 18.7 Å². The molecule has 0 N–H and O–H groups in total. The first-order chi connectivity index (χ1) is 14.5. The molecule has 30 heavy (non-hydrogen) atoms. The molecule has 0 amide bonds. The highest BCUT2D eigenvalue weighted by Crippen LogP contribution is 2.33. The highest BCUT2D eigenvalue weighted by Gasteiger charge is 2.16. The van der Waals surface area contributed by atoms with Crippen molar-refractivity contribution in [2.24, 2.45) is 0 Å². The standard InChI is InChI=1S/C24H28N2O4/c1-5-20(6-2)30-23-12-17(9-10-22(23)28-4)24-26-18(15-29-24)13-19(27)14-21-16(3)8-7-11-25-21/h7-12,15,20H,5-6,13-14H2,1-4H3. The lowest BCUT2D eigenvalue weighted by Crippen LogP contribution is -2.14. The summed E-state index contributed by atoms with van der Waals surface area (Å²) in [5.74, 6) is 1.82. The molecular formula is C24H28N2O4. The Morgan fingerprint density at radius 1 is 1.13 bits per heavy atom. The number of carbonyl (C=O) groups is 1. The van der Waals surface area contributed by atoms with Gasteiger partial charge >= 0.3 is 0 Å². The Hall–Kier alpha value is -3.15. The first kappa shape index (κ1) is 21.6. The van der Waals surface area contributed by atoms with Crippen molar-refractivity contribution >= 4 is 5.78 Å². The average Bonchev–Trinajstić information content (AvgIpc) is 3.21. The molecule has 0 bridgehead atoms. The van der Waals surface area contributed by atoms with Crippen LogP contribution in [0.1, 0.15) is 43.6 Å². The van der Waals surface area contributed by atoms with Crippen LogP contribution in [0.5, 0.6) is 11.5 Å². The molecule has 0 aliphatic rings. The first-order valence-electron chi connectivity index (χ1n) is 10.3. The summed E-state index contributed by atoms with van der Waals surface area (Å²) >= 11 is 0. The van der Waals surface area contributed by atoms with Gasteiger partial charge in [-0.1, -0.05) is 19.9 Å². The van der Waals surface area contributed by atoms with E-state index in [9.17, 15) is 4.79 Å². The van der Waals surface area contributed by atoms with Gasteiger partial charge in [0.05, 0.1) is 31.0 Å². The van der Waals surface area contributed by atoms with E-state index in [1.807, 2.05) is 37.3 Å². The van der Waals surface area contributed by atoms with Gasteiger partial charge in [0.1, 0.15) is 12.0 Å². The third-order valence-electron chi connectivity index (χ3n) is 5.03. The van der Waals surface area contributed by atoms with Gasteiger partial charge in [-0.3, -0.25) is 9.78 Å². The molecule has 2 heterocycles. The Balaban J connectivity index is 1.73. The molecule has 0 spiro atoms. The summed E-state index contributed by atoms with van der Waals surface area (Å²) in [7, 11) is 1.62. The summed E-state index contributed by atoms with van der Waals surface area (Å²) in [5.41, 5.74) is 3.18. The predicted molar refractivity (Wildman–Crippen MR) is 115 cm³/mol. The summed E-state index contributed by atoms with van der Waals surface area (Å²) in [5, 5.41) is 0. The van der Waals surface area contributed by atoms with E-state index in [0.717, 1.165) is 29.7 Å². The van der Waals surface area contributed by atoms with E-state index in [4.69, 9.17) is 13.9 Å². The molecule has 0 unspecified atom stereocenters. The number of aromatic nitrogens is 2. The van der Waals surface area contributed by atoms with Crippen LogP contribution in [0.4, 0.5) is 0 Å². The number of rotatable bonds is 10. The Morgan fingerprint density at radius 3 is 2.63 bits per heavy atom. The molecule has 0 saturated heterocycles. The van der Waals surface area contributed by atoms with E-state index in [1.165, 1.54) is 6.26 Å². The molecular weight excluding hydrogens is 380 g/mol. The van der Waals surface area contributed by atoms with Crippen molar-refractivity contribution in [2.45, 2.75) is 52.6 Å². The largest absolute Gasteiger partial charge is 0.493 e. The van der Waals surface area contributed by atoms with Gasteiger partial charge in [-0.15, -0.1) is 0 Å². The number of hydrogen-bond donors (Lipinski definition) is 0. The second kappa shape index (κ2) is 10.1. The van der Waals surface area contributed by atoms with Crippen molar-refractivity contribution in [3.05, 3.63) is 59.7 Å². The normalized spacial score (nSPS) is 11.0. The van der Waals surface area contributed by atoms with Crippen LogP contribution in [0.3, 0.4) is 0 Å². The molecule has 0 aliphatic heterocycles. The van der Waals surface area contributed by atoms with Crippen molar-refractivity contribution in [1.82, 2.24) is 9.97 Å². The molecule has 6 nitrogen and oxygen atoms in total. The van der Waals surface area contributed by atoms with Crippen LogP contribution < -0.4 is 9.47 Å². The summed E-state index contributed by atoms with van der Waals surface area (Å²) in [6.07, 6.45) is 5.65. The monoisotopic (exact) mass is 408 g/mol. The number of pyridine rings is 1. The van der Waals surface area contributed by atoms with Crippen molar-refractivity contribution in [2.75, 3.05) is 7.11 Å². The highest BCUT2D eigenvalue weighted by atomic mass is 16.5. The third-order valence-corrected chi connectivity index (χ3v) is 5.03. The van der Waals surface area contributed by atoms with Gasteiger partial charge in [-0.2, -0.15) is 0 Å². The number of hydrogen-bond acceptors (Lipinski definition) is 6. The maximum Gasteiger partial charge on any atom is 0.226 e. The van der Waals surface area contributed by atoms with Crippen molar-refractivity contribution in [3.63, 3.8) is 0 Å². The first-order valence-corrected chi connectivity index (χ1v) is 10.3. The van der Waals surface area contributed by atoms with Gasteiger partial charge in [0.15, 0.2) is 11.5 Å². The van der Waals surface area contributed by atoms with Gasteiger partial charge in [0.2, 0.25) is 5.89 Å². The third kappa shape index (κ3) is 5.26. The van der Waals surface area contributed by atoms with Crippen LogP contribution in [0.2, 0.25) is 0 Å². The number of benzene rings is 1. The van der Waals surface area contributed by atoms with Crippen LogP contribution in [-0.2, 0) is 17.6 Å². The summed E-state index contributed by atoms with van der Waals surface area (Å²) in [4.78, 5) is 21.2. The molecule has 0 atom stereocenters. The molecule has 2 aromatic heterocycles. The van der Waals surface area contributed by atoms with Gasteiger partial charge in [0.25, 0.3) is 0 Å². The Bertz CT molecular complexity index is 992. The van der Waals surface area contributed by atoms with Gasteiger partial charge < -0.3 is 13.9 Å². The minimum Gasteiger partial charge on any atom is -0.493 e. The summed E-state index contributed by atoms with van der Waals surface area (Å²) in [6, 6.07) is 9.39. The van der Waals surface area contributed by atoms with E-state index in [1.54, 1.807) is 13.3 Å². The number of oxazole rings is 1. The van der Waals surface area contributed by atoms with Gasteiger partial charge in [-0.05, 0) is 49.6 Å². The fourth-order valence-corrected chi connectivity index (χ4v) is 3.21. The molecule has 1 aromatic carbocycles. The fourth-order valence-electron chi connectivity index (χ4n) is 3.21. The van der Waals surface area contributed by atoms with E-state index in [0.29, 0.717) is 23.1 Å². The van der Waals surface area contributed by atoms with E-state index < -0.39 is 0 Å². The lowest BCUT2D eigenvalue weighted by Gasteiger charge is -2.18. The molecule has 6 heteroatoms. The molecule has 0 fully saturated rings. The lowest BCUT2D eigenvalue weighted by molar-refractivity contribution is -0.117. The van der Waals surface area contributed by atoms with Crippen LogP contribution in [0.15, 0.2) is 47.2 Å². The summed E-state index contributed by atoms with van der Waals surface area (Å²) < 4.78 is 17.2. The van der Waals surface area contributed by atoms with E-state index >= 15 is 0 Å². The maximum absolute atomic E-state index is 12.4. The second-order valence-corrected chi connectivity index (χ2v) is 7.23. The molecule has 3 aromatic rings. The Kier molecular flexibility index (Phi) is 7.22. The molecule has 0 aliphatic carbocycles. The minimum absolute atomic E-state index is 0.0455. The van der Waals surface area contributed by atoms with Crippen LogP contribution in [0.25, 0.3) is 11.5 Å². The number of Topliss-reactive ketones (excluding diaryl/α,β-unsaturated/α-hetero) is 1. The smallest absolute Gasteiger partial charge is 0.226 e. The molecule has 3 rings (SSSR count). The number of methoxy groups -OCH3 is 1. The quantitative estimate of drug-likeness (QED) is 0.471. The molecule has 0 radical (unpaired) electrons. The zero-order valence-electron chi connectivity index (χ0n) is 18.0. The Morgan fingerprint density at radius 2 is 1.93 bits per heavy atom. The zero-order valence-corrected chi connectivity index (χ0v) is 18.0. The predicted octanol–water partition coefficient (Wildman–Crippen LogP) is 4.98. The van der Waals surface area contributed by atoms with Crippen LogP contribution >= 0.6 is 0 Å². The van der Waals surface area contributed by atoms with Gasteiger partial charge in [-0.25, -0.2) is 4.98 Å². The van der Waals surface area contributed by atoms with E-state index in [-0.39, 0.29) is 24.7 Å². The summed E-state index contributed by atoms with van der Waals surface area (Å²) in [6.45, 7) is 6.14. The van der Waals surface area contributed by atoms with Crippen LogP contribution in [-0.4, -0.2) is 29.0 Å². The average molecular weight is 408 g/mol. The fraction of sp³-hybridized carbons (Fsp3) is 0.375. The Labute approximate surface area is 177 Å². The molecule has 158 valence electrons. The maximum atomic E-state index is 12.4. The number of carbonyl (C=O) groups excluding carboxylic acids is 1. The van der Waals surface area contributed by atoms with Crippen molar-refractivity contribution in [1.29, 1.82) is 0 Å². The number of nitrogens with zero attached hydrogens (tertiary/aromatic N) is 2. The van der Waals surface area contributed by atoms with E-state index in [2.05, 4.69) is 23.8 Å². The second-order valence-electron chi connectivity index (χ2n) is 7.23. The number of aryl methyl sites for hydroxylation is 1. The SMILES string of the molecule is CCC(CC)Oc1cc(-c2nc(CC(=O)Cc3ncccc3C)co2)ccc1OC. The minimum atomic E-state index is 0.0455. The van der Waals surface area contributed by atoms with Crippen LogP contribution in [0, 0.1) is 6.92 Å². The number of ether oxygens (including phenoxy) is 2. The topological polar surface area (TPSA) is 74.5 Å².